The summed E-state index contributed by atoms with van der Waals surface area (Å²) in [6.07, 6.45) is 2.28. The lowest BCUT2D eigenvalue weighted by atomic mass is 9.99. The maximum absolute atomic E-state index is 12.2. The molecule has 0 aromatic carbocycles. The van der Waals surface area contributed by atoms with E-state index in [-0.39, 0.29) is 25.6 Å². The van der Waals surface area contributed by atoms with Gasteiger partial charge in [-0.3, -0.25) is 0 Å². The largest absolute Gasteiger partial charge is 0.480 e. The molecule has 21 heavy (non-hydrogen) atoms. The Balaban J connectivity index is 2.73. The molecule has 0 saturated carbocycles. The van der Waals surface area contributed by atoms with E-state index in [1.165, 1.54) is 16.2 Å². The fourth-order valence-corrected chi connectivity index (χ4v) is 2.41. The average Bonchev–Trinajstić information content (AvgIpc) is 2.95. The quantitative estimate of drug-likeness (QED) is 0.667. The van der Waals surface area contributed by atoms with Crippen LogP contribution in [0.2, 0.25) is 0 Å². The van der Waals surface area contributed by atoms with Crippen molar-refractivity contribution in [3.8, 4) is 0 Å². The lowest BCUT2D eigenvalue weighted by Crippen LogP contribution is -2.50. The minimum Gasteiger partial charge on any atom is -0.480 e. The fraction of sp³-hybridized carbons (Fsp3) is 0.615. The second-order valence-corrected chi connectivity index (χ2v) is 5.70. The van der Waals surface area contributed by atoms with Gasteiger partial charge in [-0.2, -0.15) is 0 Å². The van der Waals surface area contributed by atoms with Gasteiger partial charge in [0.25, 0.3) is 0 Å². The van der Waals surface area contributed by atoms with Crippen LogP contribution in [-0.2, 0) is 11.3 Å². The normalized spacial score (nSPS) is 13.5. The number of carbonyl (C=O) groups excluding carboxylic acids is 1. The first-order chi connectivity index (χ1) is 9.99. The van der Waals surface area contributed by atoms with Crippen LogP contribution in [0.4, 0.5) is 4.79 Å². The van der Waals surface area contributed by atoms with Crippen LogP contribution < -0.4 is 5.32 Å². The molecule has 2 amide bonds. The zero-order valence-corrected chi connectivity index (χ0v) is 13.0. The molecule has 0 spiro atoms. The highest BCUT2D eigenvalue weighted by Crippen LogP contribution is 2.11. The van der Waals surface area contributed by atoms with Gasteiger partial charge in [0.05, 0.1) is 13.2 Å². The topological polar surface area (TPSA) is 103 Å². The maximum Gasteiger partial charge on any atom is 0.326 e. The summed E-state index contributed by atoms with van der Waals surface area (Å²) in [5.74, 6) is -1.24. The highest BCUT2D eigenvalue weighted by molar-refractivity contribution is 7.09. The van der Waals surface area contributed by atoms with Gasteiger partial charge < -0.3 is 20.4 Å². The Hall–Kier alpha value is -1.67. The molecule has 118 valence electrons. The van der Waals surface area contributed by atoms with Gasteiger partial charge in [0.1, 0.15) is 11.0 Å². The number of carbonyl (C=O) groups is 2. The van der Waals surface area contributed by atoms with Crippen LogP contribution in [0, 0.1) is 5.92 Å². The molecule has 2 atom stereocenters. The van der Waals surface area contributed by atoms with Crippen molar-refractivity contribution < 1.29 is 19.8 Å². The smallest absolute Gasteiger partial charge is 0.326 e. The molecule has 1 aromatic heterocycles. The van der Waals surface area contributed by atoms with E-state index in [0.717, 1.165) is 5.01 Å². The molecule has 7 nitrogen and oxygen atoms in total. The summed E-state index contributed by atoms with van der Waals surface area (Å²) in [6.45, 7) is 3.82. The Morgan fingerprint density at radius 3 is 2.71 bits per heavy atom. The van der Waals surface area contributed by atoms with Gasteiger partial charge in [0.2, 0.25) is 0 Å². The van der Waals surface area contributed by atoms with Gasteiger partial charge in [-0.25, -0.2) is 14.6 Å². The van der Waals surface area contributed by atoms with Gasteiger partial charge in [-0.05, 0) is 5.92 Å². The number of nitrogens with zero attached hydrogens (tertiary/aromatic N) is 2. The number of hydrogen-bond donors (Lipinski definition) is 3. The summed E-state index contributed by atoms with van der Waals surface area (Å²) in [6, 6.07) is -1.45. The Labute approximate surface area is 127 Å². The number of thiazole rings is 1. The third-order valence-electron chi connectivity index (χ3n) is 3.22. The zero-order chi connectivity index (χ0) is 15.8. The highest BCUT2D eigenvalue weighted by atomic mass is 32.1. The average molecular weight is 315 g/mol. The molecule has 0 unspecified atom stereocenters. The minimum atomic E-state index is -1.06. The number of nitrogens with one attached hydrogen (secondary N) is 1. The molecule has 0 aliphatic heterocycles. The van der Waals surface area contributed by atoms with Crippen LogP contribution in [0.5, 0.6) is 0 Å². The van der Waals surface area contributed by atoms with E-state index in [1.807, 2.05) is 6.92 Å². The SMILES string of the molecule is CC[C@H](C)[C@H](NC(=O)N(CCO)Cc1nccs1)C(=O)O. The van der Waals surface area contributed by atoms with E-state index in [0.29, 0.717) is 6.42 Å². The number of aliphatic hydroxyl groups is 1. The number of aliphatic hydroxyl groups excluding tert-OH is 1. The number of amides is 2. The molecule has 0 bridgehead atoms. The van der Waals surface area contributed by atoms with E-state index in [2.05, 4.69) is 10.3 Å². The van der Waals surface area contributed by atoms with Crippen molar-refractivity contribution in [2.75, 3.05) is 13.2 Å². The first-order valence-electron chi connectivity index (χ1n) is 6.77. The number of carboxylic acid groups (broad SMARTS) is 1. The van der Waals surface area contributed by atoms with Crippen LogP contribution in [-0.4, -0.2) is 51.3 Å². The van der Waals surface area contributed by atoms with E-state index in [1.54, 1.807) is 18.5 Å². The summed E-state index contributed by atoms with van der Waals surface area (Å²) < 4.78 is 0. The third-order valence-corrected chi connectivity index (χ3v) is 3.99. The van der Waals surface area contributed by atoms with Crippen molar-refractivity contribution in [1.29, 1.82) is 0 Å². The predicted molar refractivity (Wildman–Crippen MR) is 79.0 cm³/mol. The van der Waals surface area contributed by atoms with Crippen molar-refractivity contribution in [3.63, 3.8) is 0 Å². The van der Waals surface area contributed by atoms with Crippen molar-refractivity contribution in [3.05, 3.63) is 16.6 Å². The lowest BCUT2D eigenvalue weighted by Gasteiger charge is -2.26. The number of aliphatic carboxylic acids is 1. The number of urea groups is 1. The monoisotopic (exact) mass is 315 g/mol. The van der Waals surface area contributed by atoms with Gasteiger partial charge in [-0.1, -0.05) is 20.3 Å². The number of hydrogen-bond acceptors (Lipinski definition) is 5. The third kappa shape index (κ3) is 5.31. The van der Waals surface area contributed by atoms with Gasteiger partial charge in [0, 0.05) is 18.1 Å². The lowest BCUT2D eigenvalue weighted by molar-refractivity contribution is -0.140. The Kier molecular flexibility index (Phi) is 7.10. The second kappa shape index (κ2) is 8.58. The molecule has 0 aliphatic carbocycles. The molecule has 0 aliphatic rings. The molecule has 8 heteroatoms. The first-order valence-corrected chi connectivity index (χ1v) is 7.65. The summed E-state index contributed by atoms with van der Waals surface area (Å²) >= 11 is 1.40. The van der Waals surface area contributed by atoms with Crippen molar-refractivity contribution in [2.24, 2.45) is 5.92 Å². The molecule has 0 radical (unpaired) electrons. The Morgan fingerprint density at radius 1 is 1.52 bits per heavy atom. The second-order valence-electron chi connectivity index (χ2n) is 4.72. The standard InChI is InChI=1S/C13H21N3O4S/c1-3-9(2)11(12(18)19)15-13(20)16(5-6-17)8-10-14-4-7-21-10/h4,7,9,11,17H,3,5-6,8H2,1-2H3,(H,15,20)(H,18,19)/t9-,11-/m0/s1. The molecular weight excluding hydrogens is 294 g/mol. The van der Waals surface area contributed by atoms with Gasteiger partial charge >= 0.3 is 12.0 Å². The molecule has 1 heterocycles. The summed E-state index contributed by atoms with van der Waals surface area (Å²) in [4.78, 5) is 28.9. The molecule has 3 N–H and O–H groups in total. The zero-order valence-electron chi connectivity index (χ0n) is 12.2. The number of rotatable bonds is 8. The van der Waals surface area contributed by atoms with Crippen molar-refractivity contribution in [2.45, 2.75) is 32.9 Å². The van der Waals surface area contributed by atoms with Crippen molar-refractivity contribution in [1.82, 2.24) is 15.2 Å². The van der Waals surface area contributed by atoms with E-state index < -0.39 is 18.0 Å². The highest BCUT2D eigenvalue weighted by Gasteiger charge is 2.27. The van der Waals surface area contributed by atoms with Gasteiger partial charge in [0.15, 0.2) is 0 Å². The van der Waals surface area contributed by atoms with E-state index in [9.17, 15) is 14.7 Å². The van der Waals surface area contributed by atoms with E-state index in [4.69, 9.17) is 5.11 Å². The van der Waals surface area contributed by atoms with Gasteiger partial charge in [-0.15, -0.1) is 11.3 Å². The predicted octanol–water partition coefficient (Wildman–Crippen LogP) is 1.15. The summed E-state index contributed by atoms with van der Waals surface area (Å²) in [5.41, 5.74) is 0. The summed E-state index contributed by atoms with van der Waals surface area (Å²) in [5, 5.41) is 23.3. The van der Waals surface area contributed by atoms with Crippen LogP contribution in [0.25, 0.3) is 0 Å². The molecule has 1 aromatic rings. The van der Waals surface area contributed by atoms with Crippen LogP contribution in [0.1, 0.15) is 25.3 Å². The Bertz CT molecular complexity index is 452. The molecular formula is C13H21N3O4S. The maximum atomic E-state index is 12.2. The molecule has 1 rings (SSSR count). The minimum absolute atomic E-state index is 0.123. The number of carboxylic acids is 1. The van der Waals surface area contributed by atoms with E-state index >= 15 is 0 Å². The molecule has 0 fully saturated rings. The van der Waals surface area contributed by atoms with Crippen LogP contribution >= 0.6 is 11.3 Å². The van der Waals surface area contributed by atoms with Crippen molar-refractivity contribution >= 4 is 23.3 Å². The van der Waals surface area contributed by atoms with Crippen LogP contribution in [0.3, 0.4) is 0 Å². The first kappa shape index (κ1) is 17.4. The number of aromatic nitrogens is 1. The van der Waals surface area contributed by atoms with Crippen LogP contribution in [0.15, 0.2) is 11.6 Å². The summed E-state index contributed by atoms with van der Waals surface area (Å²) in [7, 11) is 0. The fourth-order valence-electron chi connectivity index (χ4n) is 1.77. The molecule has 0 saturated heterocycles. The Morgan fingerprint density at radius 2 is 2.24 bits per heavy atom.